The minimum absolute atomic E-state index is 0.0970. The van der Waals surface area contributed by atoms with Gasteiger partial charge < -0.3 is 4.90 Å². The van der Waals surface area contributed by atoms with Crippen molar-refractivity contribution in [3.05, 3.63) is 23.5 Å². The average Bonchev–Trinajstić information content (AvgIpc) is 2.57. The first-order chi connectivity index (χ1) is 8.16. The third-order valence-corrected chi connectivity index (χ3v) is 3.21. The first-order valence-electron chi connectivity index (χ1n) is 5.75. The molecule has 0 radical (unpaired) electrons. The molecule has 1 fully saturated rings. The molecule has 2 aromatic rings. The van der Waals surface area contributed by atoms with Gasteiger partial charge >= 0.3 is 0 Å². The number of pyridine rings is 1. The van der Waals surface area contributed by atoms with Gasteiger partial charge in [-0.25, -0.2) is 4.98 Å². The van der Waals surface area contributed by atoms with E-state index in [1.54, 1.807) is 10.9 Å². The Balaban J connectivity index is 2.17. The van der Waals surface area contributed by atoms with Gasteiger partial charge in [-0.05, 0) is 19.4 Å². The summed E-state index contributed by atoms with van der Waals surface area (Å²) >= 11 is 0. The smallest absolute Gasteiger partial charge is 0.254 e. The monoisotopic (exact) mass is 230 g/mol. The number of hydrogen-bond acceptors (Lipinski definition) is 3. The SMILES string of the molecule is Cc1cc(C(=O)N2CCC2)c2cnn(C)c2n1. The maximum atomic E-state index is 12.3. The van der Waals surface area contributed by atoms with Gasteiger partial charge in [0.2, 0.25) is 0 Å². The van der Waals surface area contributed by atoms with Crippen molar-refractivity contribution in [3.63, 3.8) is 0 Å². The molecule has 5 heteroatoms. The van der Waals surface area contributed by atoms with Gasteiger partial charge in [0.25, 0.3) is 5.91 Å². The summed E-state index contributed by atoms with van der Waals surface area (Å²) in [6, 6.07) is 1.85. The Hall–Kier alpha value is -1.91. The molecule has 1 amide bonds. The van der Waals surface area contributed by atoms with E-state index in [9.17, 15) is 4.79 Å². The van der Waals surface area contributed by atoms with Crippen molar-refractivity contribution < 1.29 is 4.79 Å². The molecule has 17 heavy (non-hydrogen) atoms. The van der Waals surface area contributed by atoms with Gasteiger partial charge in [0.15, 0.2) is 5.65 Å². The summed E-state index contributed by atoms with van der Waals surface area (Å²) in [6.45, 7) is 3.63. The molecule has 2 aromatic heterocycles. The Morgan fingerprint density at radius 1 is 1.41 bits per heavy atom. The van der Waals surface area contributed by atoms with E-state index in [-0.39, 0.29) is 5.91 Å². The molecule has 3 heterocycles. The first-order valence-corrected chi connectivity index (χ1v) is 5.75. The maximum Gasteiger partial charge on any atom is 0.254 e. The third kappa shape index (κ3) is 1.50. The lowest BCUT2D eigenvalue weighted by Crippen LogP contribution is -2.42. The summed E-state index contributed by atoms with van der Waals surface area (Å²) in [7, 11) is 1.84. The number of nitrogens with zero attached hydrogens (tertiary/aromatic N) is 4. The molecule has 5 nitrogen and oxygen atoms in total. The van der Waals surface area contributed by atoms with Crippen molar-refractivity contribution in [1.82, 2.24) is 19.7 Å². The highest BCUT2D eigenvalue weighted by atomic mass is 16.2. The molecular formula is C12H14N4O. The van der Waals surface area contributed by atoms with Crippen LogP contribution in [0.1, 0.15) is 22.5 Å². The van der Waals surface area contributed by atoms with E-state index in [4.69, 9.17) is 0 Å². The molecule has 0 saturated carbocycles. The van der Waals surface area contributed by atoms with Gasteiger partial charge in [0, 0.05) is 25.8 Å². The maximum absolute atomic E-state index is 12.3. The predicted molar refractivity (Wildman–Crippen MR) is 63.8 cm³/mol. The summed E-state index contributed by atoms with van der Waals surface area (Å²) in [5.41, 5.74) is 2.35. The van der Waals surface area contributed by atoms with E-state index in [0.29, 0.717) is 0 Å². The zero-order valence-corrected chi connectivity index (χ0v) is 9.97. The molecule has 1 saturated heterocycles. The number of carbonyl (C=O) groups excluding carboxylic acids is 1. The minimum Gasteiger partial charge on any atom is -0.338 e. The van der Waals surface area contributed by atoms with Crippen LogP contribution in [0.4, 0.5) is 0 Å². The van der Waals surface area contributed by atoms with Gasteiger partial charge in [-0.3, -0.25) is 9.48 Å². The van der Waals surface area contributed by atoms with Crippen molar-refractivity contribution in [2.24, 2.45) is 7.05 Å². The zero-order valence-electron chi connectivity index (χ0n) is 9.97. The van der Waals surface area contributed by atoms with Crippen LogP contribution in [0.25, 0.3) is 11.0 Å². The van der Waals surface area contributed by atoms with Crippen molar-refractivity contribution in [2.45, 2.75) is 13.3 Å². The van der Waals surface area contributed by atoms with E-state index < -0.39 is 0 Å². The molecule has 0 aliphatic carbocycles. The summed E-state index contributed by atoms with van der Waals surface area (Å²) in [6.07, 6.45) is 2.82. The van der Waals surface area contributed by atoms with E-state index in [2.05, 4.69) is 10.1 Å². The predicted octanol–water partition coefficient (Wildman–Crippen LogP) is 1.12. The fourth-order valence-corrected chi connectivity index (χ4v) is 2.11. The second kappa shape index (κ2) is 3.55. The van der Waals surface area contributed by atoms with Crippen molar-refractivity contribution in [2.75, 3.05) is 13.1 Å². The molecular weight excluding hydrogens is 216 g/mol. The van der Waals surface area contributed by atoms with E-state index in [1.165, 1.54) is 0 Å². The van der Waals surface area contributed by atoms with Crippen LogP contribution >= 0.6 is 0 Å². The van der Waals surface area contributed by atoms with Gasteiger partial charge in [0.1, 0.15) is 0 Å². The number of rotatable bonds is 1. The lowest BCUT2D eigenvalue weighted by Gasteiger charge is -2.31. The Kier molecular flexibility index (Phi) is 2.14. The van der Waals surface area contributed by atoms with Crippen LogP contribution in [0, 0.1) is 6.92 Å². The highest BCUT2D eigenvalue weighted by molar-refractivity contribution is 6.05. The van der Waals surface area contributed by atoms with Crippen LogP contribution in [-0.4, -0.2) is 38.7 Å². The fourth-order valence-electron chi connectivity index (χ4n) is 2.11. The molecule has 0 aromatic carbocycles. The number of carbonyl (C=O) groups is 1. The van der Waals surface area contributed by atoms with Crippen molar-refractivity contribution in [1.29, 1.82) is 0 Å². The molecule has 1 aliphatic rings. The number of aromatic nitrogens is 3. The quantitative estimate of drug-likeness (QED) is 0.737. The van der Waals surface area contributed by atoms with E-state index >= 15 is 0 Å². The second-order valence-electron chi connectivity index (χ2n) is 4.46. The Bertz CT molecular complexity index is 598. The number of fused-ring (bicyclic) bond motifs is 1. The zero-order chi connectivity index (χ0) is 12.0. The summed E-state index contributed by atoms with van der Waals surface area (Å²) in [4.78, 5) is 18.5. The van der Waals surface area contributed by atoms with Gasteiger partial charge in [0.05, 0.1) is 17.1 Å². The summed E-state index contributed by atoms with van der Waals surface area (Å²) in [5, 5.41) is 5.01. The van der Waals surface area contributed by atoms with Crippen LogP contribution < -0.4 is 0 Å². The van der Waals surface area contributed by atoms with Gasteiger partial charge in [-0.1, -0.05) is 0 Å². The average molecular weight is 230 g/mol. The van der Waals surface area contributed by atoms with Gasteiger partial charge in [-0.2, -0.15) is 5.10 Å². The normalized spacial score (nSPS) is 15.1. The highest BCUT2D eigenvalue weighted by Crippen LogP contribution is 2.21. The summed E-state index contributed by atoms with van der Waals surface area (Å²) < 4.78 is 1.70. The third-order valence-electron chi connectivity index (χ3n) is 3.21. The number of hydrogen-bond donors (Lipinski definition) is 0. The van der Waals surface area contributed by atoms with Crippen LogP contribution in [-0.2, 0) is 7.05 Å². The van der Waals surface area contributed by atoms with Gasteiger partial charge in [-0.15, -0.1) is 0 Å². The number of amides is 1. The minimum atomic E-state index is 0.0970. The standard InChI is InChI=1S/C12H14N4O/c1-8-6-9(12(17)16-4-3-5-16)10-7-13-15(2)11(10)14-8/h6-7H,3-5H2,1-2H3. The topological polar surface area (TPSA) is 51.0 Å². The lowest BCUT2D eigenvalue weighted by atomic mass is 10.1. The van der Waals surface area contributed by atoms with Crippen molar-refractivity contribution >= 4 is 16.9 Å². The Morgan fingerprint density at radius 3 is 2.82 bits per heavy atom. The molecule has 0 spiro atoms. The second-order valence-corrected chi connectivity index (χ2v) is 4.46. The highest BCUT2D eigenvalue weighted by Gasteiger charge is 2.24. The number of likely N-dealkylation sites (tertiary alicyclic amines) is 1. The van der Waals surface area contributed by atoms with Crippen LogP contribution in [0.2, 0.25) is 0 Å². The molecule has 0 atom stereocenters. The molecule has 0 unspecified atom stereocenters. The van der Waals surface area contributed by atoms with E-state index in [1.807, 2.05) is 24.9 Å². The van der Waals surface area contributed by atoms with Crippen LogP contribution in [0.3, 0.4) is 0 Å². The molecule has 0 bridgehead atoms. The number of aryl methyl sites for hydroxylation is 2. The van der Waals surface area contributed by atoms with E-state index in [0.717, 1.165) is 41.8 Å². The fraction of sp³-hybridized carbons (Fsp3) is 0.417. The Labute approximate surface area is 99.0 Å². The van der Waals surface area contributed by atoms with Crippen molar-refractivity contribution in [3.8, 4) is 0 Å². The van der Waals surface area contributed by atoms with Crippen LogP contribution in [0.5, 0.6) is 0 Å². The Morgan fingerprint density at radius 2 is 2.18 bits per heavy atom. The molecule has 0 N–H and O–H groups in total. The van der Waals surface area contributed by atoms with Crippen LogP contribution in [0.15, 0.2) is 12.3 Å². The summed E-state index contributed by atoms with van der Waals surface area (Å²) in [5.74, 6) is 0.0970. The lowest BCUT2D eigenvalue weighted by molar-refractivity contribution is 0.0653. The molecule has 3 rings (SSSR count). The molecule has 1 aliphatic heterocycles. The largest absolute Gasteiger partial charge is 0.338 e. The first kappa shape index (κ1) is 10.3. The molecule has 88 valence electrons.